The molecule has 0 aromatic carbocycles. The van der Waals surface area contributed by atoms with E-state index < -0.39 is 0 Å². The summed E-state index contributed by atoms with van der Waals surface area (Å²) < 4.78 is 0. The highest BCUT2D eigenvalue weighted by Crippen LogP contribution is 2.16. The summed E-state index contributed by atoms with van der Waals surface area (Å²) in [5, 5.41) is 3.20. The van der Waals surface area contributed by atoms with Crippen LogP contribution in [0.2, 0.25) is 0 Å². The fourth-order valence-electron chi connectivity index (χ4n) is 2.81. The van der Waals surface area contributed by atoms with E-state index in [1.807, 2.05) is 6.92 Å². The van der Waals surface area contributed by atoms with Crippen molar-refractivity contribution in [3.05, 3.63) is 0 Å². The fourth-order valence-corrected chi connectivity index (χ4v) is 2.81. The normalized spacial score (nSPS) is 21.4. The van der Waals surface area contributed by atoms with Crippen LogP contribution in [0.3, 0.4) is 0 Å². The number of hydrogen-bond acceptors (Lipinski definition) is 1. The van der Waals surface area contributed by atoms with E-state index in [-0.39, 0.29) is 5.91 Å². The van der Waals surface area contributed by atoms with Crippen LogP contribution in [0.1, 0.15) is 90.4 Å². The van der Waals surface area contributed by atoms with Crippen molar-refractivity contribution in [1.29, 1.82) is 0 Å². The topological polar surface area (TPSA) is 29.1 Å². The lowest BCUT2D eigenvalue weighted by molar-refractivity contribution is -0.121. The van der Waals surface area contributed by atoms with Gasteiger partial charge in [-0.2, -0.15) is 0 Å². The molecule has 2 heteroatoms. The van der Waals surface area contributed by atoms with E-state index in [2.05, 4.69) is 5.32 Å². The molecule has 0 heterocycles. The molecule has 106 valence electrons. The van der Waals surface area contributed by atoms with E-state index in [0.717, 1.165) is 0 Å². The fraction of sp³-hybridized carbons (Fsp3) is 0.938. The number of rotatable bonds is 2. The highest BCUT2D eigenvalue weighted by Gasteiger charge is 2.11. The summed E-state index contributed by atoms with van der Waals surface area (Å²) in [6, 6.07) is 0.443. The highest BCUT2D eigenvalue weighted by atomic mass is 16.1. The van der Waals surface area contributed by atoms with Crippen molar-refractivity contribution in [2.24, 2.45) is 0 Å². The maximum Gasteiger partial charge on any atom is 0.219 e. The first kappa shape index (κ1) is 15.5. The summed E-state index contributed by atoms with van der Waals surface area (Å²) in [5.41, 5.74) is 0. The van der Waals surface area contributed by atoms with Crippen LogP contribution in [0.4, 0.5) is 0 Å². The SMILES string of the molecule is CCC(=O)NC1CCCCCCCCCCCC1. The Morgan fingerprint density at radius 3 is 1.61 bits per heavy atom. The number of amides is 1. The van der Waals surface area contributed by atoms with Crippen LogP contribution in [-0.2, 0) is 4.79 Å². The Balaban J connectivity index is 2.30. The summed E-state index contributed by atoms with van der Waals surface area (Å²) in [7, 11) is 0. The lowest BCUT2D eigenvalue weighted by atomic mass is 10.0. The molecule has 1 fully saturated rings. The predicted octanol–water partition coefficient (Wildman–Crippen LogP) is 4.58. The first-order valence-corrected chi connectivity index (χ1v) is 8.12. The Morgan fingerprint density at radius 1 is 0.833 bits per heavy atom. The largest absolute Gasteiger partial charge is 0.353 e. The first-order chi connectivity index (χ1) is 8.83. The van der Waals surface area contributed by atoms with Gasteiger partial charge in [-0.15, -0.1) is 0 Å². The van der Waals surface area contributed by atoms with Crippen molar-refractivity contribution in [2.75, 3.05) is 0 Å². The molecule has 0 unspecified atom stereocenters. The van der Waals surface area contributed by atoms with Crippen molar-refractivity contribution in [1.82, 2.24) is 5.32 Å². The minimum Gasteiger partial charge on any atom is -0.353 e. The Bertz CT molecular complexity index is 201. The van der Waals surface area contributed by atoms with Crippen molar-refractivity contribution < 1.29 is 4.79 Å². The monoisotopic (exact) mass is 253 g/mol. The lowest BCUT2D eigenvalue weighted by Gasteiger charge is -2.18. The maximum atomic E-state index is 11.5. The molecule has 0 aromatic heterocycles. The summed E-state index contributed by atoms with van der Waals surface area (Å²) in [6.45, 7) is 1.94. The van der Waals surface area contributed by atoms with Crippen molar-refractivity contribution >= 4 is 5.91 Å². The third-order valence-corrected chi connectivity index (χ3v) is 4.04. The molecule has 1 rings (SSSR count). The van der Waals surface area contributed by atoms with Gasteiger partial charge >= 0.3 is 0 Å². The van der Waals surface area contributed by atoms with Crippen LogP contribution in [0, 0.1) is 0 Å². The molecular formula is C16H31NO. The van der Waals surface area contributed by atoms with Crippen LogP contribution in [-0.4, -0.2) is 11.9 Å². The Labute approximate surface area is 113 Å². The van der Waals surface area contributed by atoms with Gasteiger partial charge in [-0.1, -0.05) is 71.1 Å². The molecule has 0 bridgehead atoms. The molecule has 0 aromatic rings. The molecule has 1 aliphatic rings. The van der Waals surface area contributed by atoms with Crippen molar-refractivity contribution in [2.45, 2.75) is 96.4 Å². The van der Waals surface area contributed by atoms with Crippen LogP contribution in [0.15, 0.2) is 0 Å². The van der Waals surface area contributed by atoms with Gasteiger partial charge in [0.25, 0.3) is 0 Å². The van der Waals surface area contributed by atoms with Crippen LogP contribution < -0.4 is 5.32 Å². The quantitative estimate of drug-likeness (QED) is 0.767. The van der Waals surface area contributed by atoms with E-state index in [0.29, 0.717) is 12.5 Å². The Kier molecular flexibility index (Phi) is 8.97. The number of nitrogens with one attached hydrogen (secondary N) is 1. The average molecular weight is 253 g/mol. The zero-order valence-corrected chi connectivity index (χ0v) is 12.2. The van der Waals surface area contributed by atoms with Gasteiger partial charge in [-0.3, -0.25) is 4.79 Å². The molecule has 18 heavy (non-hydrogen) atoms. The molecule has 2 nitrogen and oxygen atoms in total. The second-order valence-corrected chi connectivity index (χ2v) is 5.73. The van der Waals surface area contributed by atoms with Gasteiger partial charge in [0, 0.05) is 12.5 Å². The Morgan fingerprint density at radius 2 is 1.22 bits per heavy atom. The molecule has 1 amide bonds. The third-order valence-electron chi connectivity index (χ3n) is 4.04. The summed E-state index contributed by atoms with van der Waals surface area (Å²) in [6.07, 6.45) is 16.7. The summed E-state index contributed by atoms with van der Waals surface area (Å²) >= 11 is 0. The van der Waals surface area contributed by atoms with E-state index >= 15 is 0 Å². The molecule has 0 spiro atoms. The molecule has 0 atom stereocenters. The summed E-state index contributed by atoms with van der Waals surface area (Å²) in [4.78, 5) is 11.5. The second-order valence-electron chi connectivity index (χ2n) is 5.73. The van der Waals surface area contributed by atoms with Gasteiger partial charge < -0.3 is 5.32 Å². The number of carbonyl (C=O) groups is 1. The van der Waals surface area contributed by atoms with E-state index in [4.69, 9.17) is 0 Å². The van der Waals surface area contributed by atoms with Crippen LogP contribution in [0.25, 0.3) is 0 Å². The maximum absolute atomic E-state index is 11.5. The third kappa shape index (κ3) is 7.73. The molecule has 0 saturated heterocycles. The summed E-state index contributed by atoms with van der Waals surface area (Å²) in [5.74, 6) is 0.226. The molecular weight excluding hydrogens is 222 g/mol. The first-order valence-electron chi connectivity index (χ1n) is 8.12. The zero-order valence-electron chi connectivity index (χ0n) is 12.2. The average Bonchev–Trinajstić information content (AvgIpc) is 2.40. The van der Waals surface area contributed by atoms with Gasteiger partial charge in [0.05, 0.1) is 0 Å². The highest BCUT2D eigenvalue weighted by molar-refractivity contribution is 5.75. The zero-order chi connectivity index (χ0) is 13.1. The van der Waals surface area contributed by atoms with Gasteiger partial charge in [-0.25, -0.2) is 0 Å². The minimum absolute atomic E-state index is 0.226. The molecule has 0 radical (unpaired) electrons. The van der Waals surface area contributed by atoms with Gasteiger partial charge in [-0.05, 0) is 12.8 Å². The van der Waals surface area contributed by atoms with Crippen LogP contribution >= 0.6 is 0 Å². The molecule has 1 saturated carbocycles. The van der Waals surface area contributed by atoms with Crippen molar-refractivity contribution in [3.63, 3.8) is 0 Å². The van der Waals surface area contributed by atoms with Gasteiger partial charge in [0.1, 0.15) is 0 Å². The minimum atomic E-state index is 0.226. The smallest absolute Gasteiger partial charge is 0.219 e. The standard InChI is InChI=1S/C16H31NO/c1-2-16(18)17-15-13-11-9-7-5-3-4-6-8-10-12-14-15/h15H,2-14H2,1H3,(H,17,18). The lowest BCUT2D eigenvalue weighted by Crippen LogP contribution is -2.34. The van der Waals surface area contributed by atoms with Gasteiger partial charge in [0.2, 0.25) is 5.91 Å². The van der Waals surface area contributed by atoms with E-state index in [9.17, 15) is 4.79 Å². The molecule has 0 aliphatic heterocycles. The number of carbonyl (C=O) groups excluding carboxylic acids is 1. The predicted molar refractivity (Wildman–Crippen MR) is 77.6 cm³/mol. The van der Waals surface area contributed by atoms with Crippen LogP contribution in [0.5, 0.6) is 0 Å². The van der Waals surface area contributed by atoms with Crippen molar-refractivity contribution in [3.8, 4) is 0 Å². The molecule has 1 aliphatic carbocycles. The van der Waals surface area contributed by atoms with E-state index in [1.54, 1.807) is 0 Å². The molecule has 1 N–H and O–H groups in total. The Hall–Kier alpha value is -0.530. The van der Waals surface area contributed by atoms with Gasteiger partial charge in [0.15, 0.2) is 0 Å². The number of hydrogen-bond donors (Lipinski definition) is 1. The second kappa shape index (κ2) is 10.4. The van der Waals surface area contributed by atoms with E-state index in [1.165, 1.54) is 77.0 Å².